The molecule has 0 amide bonds. The molecule has 96 valence electrons. The molecule has 0 aromatic heterocycles. The van der Waals surface area contributed by atoms with Crippen LogP contribution < -0.4 is 5.32 Å². The Labute approximate surface area is 122 Å². The first-order valence-electron chi connectivity index (χ1n) is 5.91. The Kier molecular flexibility index (Phi) is 5.14. The molecule has 0 aliphatic rings. The van der Waals surface area contributed by atoms with Gasteiger partial charge in [0, 0.05) is 17.2 Å². The van der Waals surface area contributed by atoms with Crippen molar-refractivity contribution in [2.45, 2.75) is 4.90 Å². The molecule has 0 radical (unpaired) electrons. The van der Waals surface area contributed by atoms with E-state index in [1.54, 1.807) is 30.0 Å². The fourth-order valence-electron chi connectivity index (χ4n) is 1.60. The minimum absolute atomic E-state index is 0.614. The van der Waals surface area contributed by atoms with Crippen molar-refractivity contribution in [3.8, 4) is 6.07 Å². The van der Waals surface area contributed by atoms with Crippen molar-refractivity contribution >= 4 is 29.1 Å². The Hall–Kier alpha value is -1.63. The molecule has 4 heteroatoms. The van der Waals surface area contributed by atoms with Gasteiger partial charge in [-0.1, -0.05) is 29.8 Å². The maximum atomic E-state index is 8.85. The quantitative estimate of drug-likeness (QED) is 0.654. The van der Waals surface area contributed by atoms with Gasteiger partial charge >= 0.3 is 0 Å². The van der Waals surface area contributed by atoms with Crippen molar-refractivity contribution < 1.29 is 0 Å². The van der Waals surface area contributed by atoms with Gasteiger partial charge in [0.1, 0.15) is 0 Å². The van der Waals surface area contributed by atoms with Crippen LogP contribution in [0.5, 0.6) is 0 Å². The number of thioether (sulfide) groups is 1. The minimum atomic E-state index is 0.614. The molecular formula is C15H13ClN2S. The maximum absolute atomic E-state index is 8.85. The summed E-state index contributed by atoms with van der Waals surface area (Å²) in [5.41, 5.74) is 1.43. The van der Waals surface area contributed by atoms with Gasteiger partial charge in [0.25, 0.3) is 0 Å². The molecule has 2 aromatic carbocycles. The van der Waals surface area contributed by atoms with E-state index in [1.807, 2.05) is 18.2 Å². The highest BCUT2D eigenvalue weighted by atomic mass is 35.5. The lowest BCUT2D eigenvalue weighted by Crippen LogP contribution is -2.04. The van der Waals surface area contributed by atoms with E-state index >= 15 is 0 Å². The second-order valence-electron chi connectivity index (χ2n) is 3.89. The van der Waals surface area contributed by atoms with Gasteiger partial charge in [-0.15, -0.1) is 11.8 Å². The lowest BCUT2D eigenvalue weighted by atomic mass is 10.2. The number of nitriles is 1. The monoisotopic (exact) mass is 288 g/mol. The summed E-state index contributed by atoms with van der Waals surface area (Å²) in [6.45, 7) is 0.800. The van der Waals surface area contributed by atoms with E-state index in [0.717, 1.165) is 18.0 Å². The third-order valence-corrected chi connectivity index (χ3v) is 3.87. The number of hydrogen-bond donors (Lipinski definition) is 1. The first kappa shape index (κ1) is 13.8. The third-order valence-electron chi connectivity index (χ3n) is 2.52. The molecular weight excluding hydrogens is 276 g/mol. The van der Waals surface area contributed by atoms with Crippen LogP contribution in [0.4, 0.5) is 5.69 Å². The van der Waals surface area contributed by atoms with Gasteiger partial charge in [-0.25, -0.2) is 0 Å². The Morgan fingerprint density at radius 1 is 1.16 bits per heavy atom. The van der Waals surface area contributed by atoms with Crippen LogP contribution in [0.15, 0.2) is 53.4 Å². The molecule has 2 aromatic rings. The van der Waals surface area contributed by atoms with Crippen LogP contribution >= 0.6 is 23.4 Å². The highest BCUT2D eigenvalue weighted by molar-refractivity contribution is 7.99. The van der Waals surface area contributed by atoms with Gasteiger partial charge in [0.15, 0.2) is 0 Å². The lowest BCUT2D eigenvalue weighted by Gasteiger charge is -2.08. The van der Waals surface area contributed by atoms with Crippen LogP contribution in [-0.2, 0) is 0 Å². The van der Waals surface area contributed by atoms with Crippen molar-refractivity contribution in [3.63, 3.8) is 0 Å². The number of halogens is 1. The number of benzene rings is 2. The first-order chi connectivity index (χ1) is 9.29. The minimum Gasteiger partial charge on any atom is -0.383 e. The van der Waals surface area contributed by atoms with E-state index < -0.39 is 0 Å². The molecule has 2 rings (SSSR count). The maximum Gasteiger partial charge on any atom is 0.0992 e. The van der Waals surface area contributed by atoms with E-state index in [2.05, 4.69) is 23.5 Å². The predicted molar refractivity (Wildman–Crippen MR) is 81.8 cm³/mol. The summed E-state index contributed by atoms with van der Waals surface area (Å²) in [5, 5.41) is 12.7. The Morgan fingerprint density at radius 2 is 1.95 bits per heavy atom. The van der Waals surface area contributed by atoms with Crippen molar-refractivity contribution in [2.75, 3.05) is 17.6 Å². The normalized spacial score (nSPS) is 9.89. The smallest absolute Gasteiger partial charge is 0.0992 e. The summed E-state index contributed by atoms with van der Waals surface area (Å²) in [7, 11) is 0. The number of rotatable bonds is 5. The van der Waals surface area contributed by atoms with Gasteiger partial charge in [-0.05, 0) is 30.3 Å². The molecule has 0 aliphatic carbocycles. The molecule has 0 aliphatic heterocycles. The van der Waals surface area contributed by atoms with Crippen molar-refractivity contribution in [3.05, 3.63) is 59.1 Å². The standard InChI is InChI=1S/C15H13ClN2S/c16-14-7-6-12(11-17)10-15(14)18-8-9-19-13-4-2-1-3-5-13/h1-7,10,18H,8-9H2. The van der Waals surface area contributed by atoms with Crippen LogP contribution in [0.25, 0.3) is 0 Å². The Morgan fingerprint density at radius 3 is 2.68 bits per heavy atom. The molecule has 0 spiro atoms. The average Bonchev–Trinajstić information content (AvgIpc) is 2.46. The summed E-state index contributed by atoms with van der Waals surface area (Å²) in [6.07, 6.45) is 0. The van der Waals surface area contributed by atoms with Crippen LogP contribution in [0, 0.1) is 11.3 Å². The molecule has 19 heavy (non-hydrogen) atoms. The molecule has 0 atom stereocenters. The lowest BCUT2D eigenvalue weighted by molar-refractivity contribution is 1.22. The fourth-order valence-corrected chi connectivity index (χ4v) is 2.58. The zero-order valence-corrected chi connectivity index (χ0v) is 11.8. The van der Waals surface area contributed by atoms with Crippen molar-refractivity contribution in [1.82, 2.24) is 0 Å². The summed E-state index contributed by atoms with van der Waals surface area (Å²) in [4.78, 5) is 1.25. The van der Waals surface area contributed by atoms with Crippen LogP contribution in [-0.4, -0.2) is 12.3 Å². The number of anilines is 1. The van der Waals surface area contributed by atoms with Crippen LogP contribution in [0.3, 0.4) is 0 Å². The number of hydrogen-bond acceptors (Lipinski definition) is 3. The van der Waals surface area contributed by atoms with Gasteiger partial charge in [0.05, 0.1) is 22.3 Å². The molecule has 0 saturated heterocycles. The molecule has 1 N–H and O–H groups in total. The van der Waals surface area contributed by atoms with Gasteiger partial charge in [0.2, 0.25) is 0 Å². The SMILES string of the molecule is N#Cc1ccc(Cl)c(NCCSc2ccccc2)c1. The average molecular weight is 289 g/mol. The van der Waals surface area contributed by atoms with Gasteiger partial charge in [-0.2, -0.15) is 5.26 Å². The number of nitrogens with zero attached hydrogens (tertiary/aromatic N) is 1. The highest BCUT2D eigenvalue weighted by Crippen LogP contribution is 2.23. The largest absolute Gasteiger partial charge is 0.383 e. The van der Waals surface area contributed by atoms with Crippen LogP contribution in [0.2, 0.25) is 5.02 Å². The molecule has 0 fully saturated rings. The summed E-state index contributed by atoms with van der Waals surface area (Å²) in [5.74, 6) is 0.942. The summed E-state index contributed by atoms with van der Waals surface area (Å²) >= 11 is 7.86. The van der Waals surface area contributed by atoms with E-state index in [0.29, 0.717) is 10.6 Å². The van der Waals surface area contributed by atoms with Gasteiger partial charge in [-0.3, -0.25) is 0 Å². The van der Waals surface area contributed by atoms with Crippen molar-refractivity contribution in [2.24, 2.45) is 0 Å². The predicted octanol–water partition coefficient (Wildman–Crippen LogP) is 4.42. The fraction of sp³-hybridized carbons (Fsp3) is 0.133. The summed E-state index contributed by atoms with van der Waals surface area (Å²) < 4.78 is 0. The topological polar surface area (TPSA) is 35.8 Å². The molecule has 0 saturated carbocycles. The van der Waals surface area contributed by atoms with E-state index in [9.17, 15) is 0 Å². The van der Waals surface area contributed by atoms with Gasteiger partial charge < -0.3 is 5.32 Å². The van der Waals surface area contributed by atoms with Crippen molar-refractivity contribution in [1.29, 1.82) is 5.26 Å². The van der Waals surface area contributed by atoms with Crippen LogP contribution in [0.1, 0.15) is 5.56 Å². The third kappa shape index (κ3) is 4.20. The Balaban J connectivity index is 1.85. The molecule has 0 bridgehead atoms. The molecule has 0 unspecified atom stereocenters. The molecule has 0 heterocycles. The zero-order chi connectivity index (χ0) is 13.5. The summed E-state index contributed by atoms with van der Waals surface area (Å²) in [6, 6.07) is 17.6. The molecule has 2 nitrogen and oxygen atoms in total. The second-order valence-corrected chi connectivity index (χ2v) is 5.47. The van der Waals surface area contributed by atoms with E-state index in [1.165, 1.54) is 4.90 Å². The highest BCUT2D eigenvalue weighted by Gasteiger charge is 2.01. The number of nitrogens with one attached hydrogen (secondary N) is 1. The van der Waals surface area contributed by atoms with E-state index in [-0.39, 0.29) is 0 Å². The second kappa shape index (κ2) is 7.08. The van der Waals surface area contributed by atoms with E-state index in [4.69, 9.17) is 16.9 Å². The Bertz CT molecular complexity index is 578. The zero-order valence-electron chi connectivity index (χ0n) is 10.3. The first-order valence-corrected chi connectivity index (χ1v) is 7.27.